The second-order valence-corrected chi connectivity index (χ2v) is 2.66. The van der Waals surface area contributed by atoms with Crippen LogP contribution in [-0.4, -0.2) is 37.4 Å². The summed E-state index contributed by atoms with van der Waals surface area (Å²) in [5.41, 5.74) is 0. The molecule has 1 unspecified atom stereocenters. The summed E-state index contributed by atoms with van der Waals surface area (Å²) < 4.78 is 9.14. The summed E-state index contributed by atoms with van der Waals surface area (Å²) in [6.07, 6.45) is -1.14. The van der Waals surface area contributed by atoms with Crippen LogP contribution in [-0.2, 0) is 23.9 Å². The molecule has 0 aromatic rings. The first kappa shape index (κ1) is 12.8. The van der Waals surface area contributed by atoms with Gasteiger partial charge in [-0.25, -0.2) is 4.79 Å². The van der Waals surface area contributed by atoms with Crippen LogP contribution in [0.4, 0.5) is 0 Å². The normalized spacial score (nSPS) is 11.9. The Hall–Kier alpha value is -1.23. The van der Waals surface area contributed by atoms with E-state index in [4.69, 9.17) is 4.74 Å². The molecule has 0 bridgehead atoms. The van der Waals surface area contributed by atoms with Gasteiger partial charge in [-0.05, 0) is 13.8 Å². The molecule has 80 valence electrons. The van der Waals surface area contributed by atoms with E-state index < -0.39 is 30.1 Å². The van der Waals surface area contributed by atoms with Gasteiger partial charge in [0.25, 0.3) is 0 Å². The highest BCUT2D eigenvalue weighted by molar-refractivity contribution is 6.37. The van der Waals surface area contributed by atoms with Crippen LogP contribution in [0.2, 0.25) is 0 Å². The highest BCUT2D eigenvalue weighted by Crippen LogP contribution is 1.97. The van der Waals surface area contributed by atoms with Crippen LogP contribution in [0.25, 0.3) is 0 Å². The van der Waals surface area contributed by atoms with Crippen molar-refractivity contribution in [3.05, 3.63) is 0 Å². The van der Waals surface area contributed by atoms with Crippen molar-refractivity contribution < 1.29 is 23.9 Å². The van der Waals surface area contributed by atoms with Crippen molar-refractivity contribution in [3.8, 4) is 0 Å². The van der Waals surface area contributed by atoms with Crippen LogP contribution in [0.1, 0.15) is 20.3 Å². The second kappa shape index (κ2) is 6.26. The van der Waals surface area contributed by atoms with Gasteiger partial charge in [0.1, 0.15) is 6.10 Å². The highest BCUT2D eigenvalue weighted by atomic mass is 16.5. The summed E-state index contributed by atoms with van der Waals surface area (Å²) in [6.45, 7) is 3.23. The van der Waals surface area contributed by atoms with E-state index in [-0.39, 0.29) is 6.61 Å². The molecule has 0 aromatic carbocycles. The molecule has 0 N–H and O–H groups in total. The largest absolute Gasteiger partial charge is 0.460 e. The maximum atomic E-state index is 11.1. The number of hydrogen-bond donors (Lipinski definition) is 0. The number of methoxy groups -OCH3 is 1. The van der Waals surface area contributed by atoms with Gasteiger partial charge in [0, 0.05) is 7.11 Å². The van der Waals surface area contributed by atoms with Crippen molar-refractivity contribution in [1.82, 2.24) is 0 Å². The maximum Gasteiger partial charge on any atom is 0.375 e. The fourth-order valence-corrected chi connectivity index (χ4v) is 0.717. The molecule has 14 heavy (non-hydrogen) atoms. The first-order chi connectivity index (χ1) is 6.52. The second-order valence-electron chi connectivity index (χ2n) is 2.66. The topological polar surface area (TPSA) is 69.7 Å². The summed E-state index contributed by atoms with van der Waals surface area (Å²) in [7, 11) is 1.36. The van der Waals surface area contributed by atoms with Crippen molar-refractivity contribution in [1.29, 1.82) is 0 Å². The highest BCUT2D eigenvalue weighted by Gasteiger charge is 2.22. The Morgan fingerprint density at radius 2 is 1.86 bits per heavy atom. The van der Waals surface area contributed by atoms with E-state index in [2.05, 4.69) is 4.74 Å². The molecular formula is C9H14O5. The standard InChI is InChI=1S/C9H14O5/c1-4-14-9(12)8(11)5-7(10)6(2)13-3/h6H,4-5H2,1-3H3. The Morgan fingerprint density at radius 3 is 2.29 bits per heavy atom. The van der Waals surface area contributed by atoms with Crippen LogP contribution >= 0.6 is 0 Å². The Labute approximate surface area is 82.4 Å². The summed E-state index contributed by atoms with van der Waals surface area (Å²) >= 11 is 0. The van der Waals surface area contributed by atoms with Crippen LogP contribution < -0.4 is 0 Å². The van der Waals surface area contributed by atoms with E-state index in [1.807, 2.05) is 0 Å². The molecule has 0 aliphatic carbocycles. The molecule has 0 saturated carbocycles. The van der Waals surface area contributed by atoms with Gasteiger partial charge in [-0.2, -0.15) is 0 Å². The minimum atomic E-state index is -0.968. The summed E-state index contributed by atoms with van der Waals surface area (Å²) in [6, 6.07) is 0. The Balaban J connectivity index is 4.06. The minimum Gasteiger partial charge on any atom is -0.460 e. The van der Waals surface area contributed by atoms with Gasteiger partial charge in [0.05, 0.1) is 13.0 Å². The number of carbonyl (C=O) groups is 3. The number of hydrogen-bond acceptors (Lipinski definition) is 5. The molecule has 0 rings (SSSR count). The van der Waals surface area contributed by atoms with Gasteiger partial charge < -0.3 is 9.47 Å². The Bertz CT molecular complexity index is 233. The van der Waals surface area contributed by atoms with E-state index in [9.17, 15) is 14.4 Å². The molecule has 0 heterocycles. The van der Waals surface area contributed by atoms with Gasteiger partial charge in [-0.1, -0.05) is 0 Å². The first-order valence-corrected chi connectivity index (χ1v) is 4.28. The molecule has 0 amide bonds. The average molecular weight is 202 g/mol. The van der Waals surface area contributed by atoms with Crippen molar-refractivity contribution >= 4 is 17.5 Å². The van der Waals surface area contributed by atoms with E-state index in [1.54, 1.807) is 6.92 Å². The van der Waals surface area contributed by atoms with Crippen molar-refractivity contribution in [2.45, 2.75) is 26.4 Å². The zero-order chi connectivity index (χ0) is 11.1. The summed E-state index contributed by atoms with van der Waals surface area (Å²) in [4.78, 5) is 33.0. The van der Waals surface area contributed by atoms with E-state index in [0.717, 1.165) is 0 Å². The van der Waals surface area contributed by atoms with Crippen molar-refractivity contribution in [2.24, 2.45) is 0 Å². The summed E-state index contributed by atoms with van der Waals surface area (Å²) in [5, 5.41) is 0. The number of esters is 1. The predicted octanol–water partition coefficient (Wildman–Crippen LogP) is 0.113. The first-order valence-electron chi connectivity index (χ1n) is 4.28. The minimum absolute atomic E-state index is 0.124. The van der Waals surface area contributed by atoms with Crippen LogP contribution in [0.15, 0.2) is 0 Å². The van der Waals surface area contributed by atoms with Crippen molar-refractivity contribution in [3.63, 3.8) is 0 Å². The number of rotatable bonds is 6. The van der Waals surface area contributed by atoms with Crippen molar-refractivity contribution in [2.75, 3.05) is 13.7 Å². The maximum absolute atomic E-state index is 11.1. The number of ether oxygens (including phenoxy) is 2. The molecule has 5 nitrogen and oxygen atoms in total. The zero-order valence-corrected chi connectivity index (χ0v) is 8.53. The molecule has 1 atom stereocenters. The lowest BCUT2D eigenvalue weighted by Gasteiger charge is -2.06. The van der Waals surface area contributed by atoms with E-state index in [0.29, 0.717) is 0 Å². The molecule has 0 aliphatic heterocycles. The molecule has 0 aromatic heterocycles. The number of Topliss-reactive ketones (excluding diaryl/α,β-unsaturated/α-hetero) is 2. The van der Waals surface area contributed by atoms with Gasteiger partial charge in [0.2, 0.25) is 5.78 Å². The third kappa shape index (κ3) is 4.13. The molecule has 5 heteroatoms. The van der Waals surface area contributed by atoms with E-state index in [1.165, 1.54) is 14.0 Å². The molecule has 0 aliphatic rings. The third-order valence-corrected chi connectivity index (χ3v) is 1.64. The predicted molar refractivity (Wildman–Crippen MR) is 47.7 cm³/mol. The van der Waals surface area contributed by atoms with E-state index >= 15 is 0 Å². The third-order valence-electron chi connectivity index (χ3n) is 1.64. The van der Waals surface area contributed by atoms with Crippen LogP contribution in [0.3, 0.4) is 0 Å². The Morgan fingerprint density at radius 1 is 1.29 bits per heavy atom. The lowest BCUT2D eigenvalue weighted by molar-refractivity contribution is -0.155. The Kier molecular flexibility index (Phi) is 5.71. The quantitative estimate of drug-likeness (QED) is 0.347. The smallest absolute Gasteiger partial charge is 0.375 e. The molecule has 0 fully saturated rings. The lowest BCUT2D eigenvalue weighted by Crippen LogP contribution is -2.26. The monoisotopic (exact) mass is 202 g/mol. The zero-order valence-electron chi connectivity index (χ0n) is 8.53. The number of carbonyl (C=O) groups excluding carboxylic acids is 3. The number of ketones is 2. The molecule has 0 radical (unpaired) electrons. The average Bonchev–Trinajstić information content (AvgIpc) is 2.16. The lowest BCUT2D eigenvalue weighted by atomic mass is 10.1. The molecular weight excluding hydrogens is 188 g/mol. The fraction of sp³-hybridized carbons (Fsp3) is 0.667. The van der Waals surface area contributed by atoms with Gasteiger partial charge in [0.15, 0.2) is 5.78 Å². The molecule has 0 saturated heterocycles. The SMILES string of the molecule is CCOC(=O)C(=O)CC(=O)C(C)OC. The van der Waals surface area contributed by atoms with Crippen LogP contribution in [0, 0.1) is 0 Å². The molecule has 0 spiro atoms. The fourth-order valence-electron chi connectivity index (χ4n) is 0.717. The van der Waals surface area contributed by atoms with Gasteiger partial charge >= 0.3 is 5.97 Å². The summed E-state index contributed by atoms with van der Waals surface area (Å²) in [5.74, 6) is -2.23. The van der Waals surface area contributed by atoms with Gasteiger partial charge in [-0.15, -0.1) is 0 Å². The van der Waals surface area contributed by atoms with Crippen LogP contribution in [0.5, 0.6) is 0 Å². The van der Waals surface area contributed by atoms with Gasteiger partial charge in [-0.3, -0.25) is 9.59 Å².